The van der Waals surface area contributed by atoms with E-state index in [9.17, 15) is 0 Å². The van der Waals surface area contributed by atoms with Crippen LogP contribution in [-0.4, -0.2) is 13.1 Å². The van der Waals surface area contributed by atoms with Crippen LogP contribution in [0.2, 0.25) is 13.1 Å². The third-order valence-electron chi connectivity index (χ3n) is 12.3. The van der Waals surface area contributed by atoms with Gasteiger partial charge in [0.2, 0.25) is 0 Å². The predicted octanol–water partition coefficient (Wildman–Crippen LogP) is 13.6. The van der Waals surface area contributed by atoms with Crippen molar-refractivity contribution in [2.45, 2.75) is 107 Å². The number of hydrogen-bond acceptors (Lipinski definition) is 1. The number of ether oxygens (including phenoxy) is 1. The SMILES string of the molecule is COc1c(C(C)(C)C)cc2c(c1-c1cc(C)cc(C)c1)C=C(C)[CH]2[Hf]([Cl])([Cl])([CH]1C(C)=Cc2c1cc1c(c2-c2cc(C)cc(C)c2)CCC1)[SiH](C)C. The molecule has 267 valence electrons. The van der Waals surface area contributed by atoms with Gasteiger partial charge in [-0.15, -0.1) is 0 Å². The summed E-state index contributed by atoms with van der Waals surface area (Å²) in [5, 5.41) is 0. The first-order valence-corrected chi connectivity index (χ1v) is 41.1. The molecule has 1 nitrogen and oxygen atoms in total. The van der Waals surface area contributed by atoms with Crippen LogP contribution in [0.1, 0.15) is 110 Å². The molecule has 0 aromatic heterocycles. The predicted molar refractivity (Wildman–Crippen MR) is 223 cm³/mol. The van der Waals surface area contributed by atoms with Crippen LogP contribution in [0, 0.1) is 27.7 Å². The van der Waals surface area contributed by atoms with Gasteiger partial charge in [0.1, 0.15) is 0 Å². The van der Waals surface area contributed by atoms with E-state index >= 15 is 0 Å². The van der Waals surface area contributed by atoms with Crippen molar-refractivity contribution in [2.75, 3.05) is 7.11 Å². The summed E-state index contributed by atoms with van der Waals surface area (Å²) in [6.07, 6.45) is 8.39. The molecule has 5 heteroatoms. The van der Waals surface area contributed by atoms with Crippen molar-refractivity contribution < 1.29 is 20.0 Å². The molecule has 0 heterocycles. The van der Waals surface area contributed by atoms with Crippen molar-refractivity contribution in [1.29, 1.82) is 0 Å². The molecule has 4 aromatic rings. The number of fused-ring (bicyclic) bond motifs is 3. The van der Waals surface area contributed by atoms with Crippen LogP contribution in [0.15, 0.2) is 59.7 Å². The third-order valence-corrected chi connectivity index (χ3v) is 85.8. The molecule has 0 N–H and O–H groups in total. The van der Waals surface area contributed by atoms with Crippen molar-refractivity contribution in [3.05, 3.63) is 121 Å². The summed E-state index contributed by atoms with van der Waals surface area (Å²) >= 11 is -5.11. The molecule has 0 bridgehead atoms. The van der Waals surface area contributed by atoms with Gasteiger partial charge in [-0.25, -0.2) is 0 Å². The fraction of sp³-hybridized carbons (Fsp3) is 0.391. The number of allylic oxidation sites excluding steroid dienone is 2. The van der Waals surface area contributed by atoms with Gasteiger partial charge in [0.25, 0.3) is 0 Å². The summed E-state index contributed by atoms with van der Waals surface area (Å²) in [7, 11) is 19.5. The Bertz CT molecular complexity index is 2160. The molecule has 3 aliphatic carbocycles. The van der Waals surface area contributed by atoms with Crippen molar-refractivity contribution >= 4 is 35.3 Å². The van der Waals surface area contributed by atoms with Crippen molar-refractivity contribution in [1.82, 2.24) is 0 Å². The minimum absolute atomic E-state index is 0.0286. The molecule has 0 saturated carbocycles. The first-order chi connectivity index (χ1) is 23.8. The van der Waals surface area contributed by atoms with Crippen LogP contribution < -0.4 is 4.74 Å². The molecule has 0 amide bonds. The fourth-order valence-corrected chi connectivity index (χ4v) is 56.8. The summed E-state index contributed by atoms with van der Waals surface area (Å²) in [6, 6.07) is 19.0. The van der Waals surface area contributed by atoms with Gasteiger partial charge in [-0.2, -0.15) is 0 Å². The van der Waals surface area contributed by atoms with Crippen LogP contribution >= 0.6 is 17.2 Å². The first kappa shape index (κ1) is 37.2. The maximum absolute atomic E-state index is 8.81. The number of hydrogen-bond donors (Lipinski definition) is 0. The van der Waals surface area contributed by atoms with Crippen LogP contribution in [0.5, 0.6) is 5.75 Å². The zero-order valence-electron chi connectivity index (χ0n) is 32.8. The summed E-state index contributed by atoms with van der Waals surface area (Å²) in [4.78, 5) is 0. The van der Waals surface area contributed by atoms with Gasteiger partial charge in [0, 0.05) is 0 Å². The molecular formula is C46H55Cl2HfOSi. The zero-order valence-corrected chi connectivity index (χ0v) is 39.1. The molecule has 2 atom stereocenters. The molecule has 51 heavy (non-hydrogen) atoms. The van der Waals surface area contributed by atoms with Gasteiger partial charge >= 0.3 is 319 Å². The second kappa shape index (κ2) is 12.7. The molecule has 0 fully saturated rings. The van der Waals surface area contributed by atoms with E-state index in [1.807, 2.05) is 7.11 Å². The van der Waals surface area contributed by atoms with E-state index in [0.717, 1.165) is 18.6 Å². The molecule has 4 aromatic carbocycles. The quantitative estimate of drug-likeness (QED) is 0.175. The van der Waals surface area contributed by atoms with E-state index in [1.165, 1.54) is 101 Å². The Labute approximate surface area is 316 Å². The van der Waals surface area contributed by atoms with E-state index in [2.05, 4.69) is 136 Å². The zero-order chi connectivity index (χ0) is 37.0. The van der Waals surface area contributed by atoms with E-state index in [0.29, 0.717) is 0 Å². The first-order valence-electron chi connectivity index (χ1n) is 18.9. The Balaban J connectivity index is 1.53. The molecule has 2 unspecified atom stereocenters. The van der Waals surface area contributed by atoms with E-state index < -0.39 is 21.3 Å². The molecule has 7 rings (SSSR count). The molecule has 3 aliphatic rings. The van der Waals surface area contributed by atoms with Gasteiger partial charge in [-0.05, 0) is 0 Å². The van der Waals surface area contributed by atoms with Crippen LogP contribution in [0.25, 0.3) is 34.4 Å². The Hall–Kier alpha value is -2.17. The van der Waals surface area contributed by atoms with Crippen LogP contribution in [0.4, 0.5) is 0 Å². The molecule has 0 saturated heterocycles. The number of methoxy groups -OCH3 is 1. The van der Waals surface area contributed by atoms with Crippen molar-refractivity contribution in [2.24, 2.45) is 0 Å². The van der Waals surface area contributed by atoms with Crippen molar-refractivity contribution in [3.8, 4) is 28.0 Å². The van der Waals surface area contributed by atoms with Gasteiger partial charge in [-0.1, -0.05) is 0 Å². The number of halogens is 2. The number of benzene rings is 4. The normalized spacial score (nSPS) is 19.0. The Morgan fingerprint density at radius 3 is 1.61 bits per heavy atom. The Morgan fingerprint density at radius 1 is 0.667 bits per heavy atom. The standard InChI is InChI=1S/C23H27O.C21H21.C2H7Si.2ClH.Hf/c1-14-8-15(2)11-18(10-14)21-19-12-16(3)9-17(19)13-20(22(21)24-7)23(4,5)6;1-13-7-14(2)10-18(9-13)21-19-6-4-5-16(19)12-17-8-15(3)11-20(17)21;1-3-2;;;/h8-13H,1-7H3;7-12H,4-6H2,1-3H3;3H,1-2H3;2*1H;/q;;;;;+2/p-2. The van der Waals surface area contributed by atoms with Crippen molar-refractivity contribution in [3.63, 3.8) is 0 Å². The summed E-state index contributed by atoms with van der Waals surface area (Å²) in [5.74, 6) is -0.722. The summed E-state index contributed by atoms with van der Waals surface area (Å²) in [6.45, 7) is 25.3. The van der Waals surface area contributed by atoms with E-state index in [-0.39, 0.29) is 12.8 Å². The van der Waals surface area contributed by atoms with Crippen LogP contribution in [-0.2, 0) is 33.6 Å². The maximum atomic E-state index is 8.81. The molecule has 0 aliphatic heterocycles. The van der Waals surface area contributed by atoms with Crippen LogP contribution in [0.3, 0.4) is 0 Å². The second-order valence-electron chi connectivity index (χ2n) is 17.6. The van der Waals surface area contributed by atoms with E-state index in [1.54, 1.807) is 0 Å². The number of aryl methyl sites for hydroxylation is 5. The third kappa shape index (κ3) is 5.78. The summed E-state index contributed by atoms with van der Waals surface area (Å²) < 4.78 is 6.50. The molecular weight excluding hydrogens is 846 g/mol. The Kier molecular flexibility index (Phi) is 9.26. The number of rotatable bonds is 6. The van der Waals surface area contributed by atoms with Gasteiger partial charge < -0.3 is 0 Å². The van der Waals surface area contributed by atoms with Gasteiger partial charge in [0.15, 0.2) is 0 Å². The minimum atomic E-state index is -5.11. The molecule has 0 spiro atoms. The average Bonchev–Trinajstić information content (AvgIpc) is 3.71. The Morgan fingerprint density at radius 2 is 1.14 bits per heavy atom. The van der Waals surface area contributed by atoms with Gasteiger partial charge in [-0.3, -0.25) is 0 Å². The monoisotopic (exact) mass is 901 g/mol. The summed E-state index contributed by atoms with van der Waals surface area (Å²) in [5.41, 5.74) is 22.4. The van der Waals surface area contributed by atoms with E-state index in [4.69, 9.17) is 21.9 Å². The topological polar surface area (TPSA) is 9.23 Å². The fourth-order valence-electron chi connectivity index (χ4n) is 10.3. The average molecular weight is 901 g/mol. The molecule has 0 radical (unpaired) electrons. The van der Waals surface area contributed by atoms with Gasteiger partial charge in [0.05, 0.1) is 0 Å². The second-order valence-corrected chi connectivity index (χ2v) is 76.9.